The van der Waals surface area contributed by atoms with E-state index in [9.17, 15) is 18.0 Å². The first-order chi connectivity index (χ1) is 11.8. The van der Waals surface area contributed by atoms with Crippen LogP contribution in [0.25, 0.3) is 6.08 Å². The van der Waals surface area contributed by atoms with Crippen LogP contribution in [-0.4, -0.2) is 47.3 Å². The fourth-order valence-electron chi connectivity index (χ4n) is 2.40. The highest BCUT2D eigenvalue weighted by molar-refractivity contribution is 8.26. The monoisotopic (exact) mass is 398 g/mol. The van der Waals surface area contributed by atoms with Gasteiger partial charge in [-0.25, -0.2) is 8.42 Å². The van der Waals surface area contributed by atoms with Crippen molar-refractivity contribution in [1.82, 2.24) is 10.2 Å². The first kappa shape index (κ1) is 17.9. The smallest absolute Gasteiger partial charge is 0.267 e. The van der Waals surface area contributed by atoms with Crippen LogP contribution in [0.3, 0.4) is 0 Å². The molecule has 2 aliphatic heterocycles. The zero-order valence-corrected chi connectivity index (χ0v) is 15.5. The summed E-state index contributed by atoms with van der Waals surface area (Å²) in [5, 5.41) is 3.68. The van der Waals surface area contributed by atoms with Gasteiger partial charge in [-0.2, -0.15) is 0 Å². The van der Waals surface area contributed by atoms with Gasteiger partial charge in [0.25, 0.3) is 5.91 Å². The normalized spacial score (nSPS) is 24.9. The fourth-order valence-corrected chi connectivity index (χ4v) is 5.04. The van der Waals surface area contributed by atoms with Crippen molar-refractivity contribution in [3.8, 4) is 0 Å². The molecule has 1 aromatic heterocycles. The van der Waals surface area contributed by atoms with Gasteiger partial charge >= 0.3 is 0 Å². The van der Waals surface area contributed by atoms with Crippen LogP contribution in [0.15, 0.2) is 39.2 Å². The molecule has 3 heterocycles. The van der Waals surface area contributed by atoms with Crippen LogP contribution in [0.5, 0.6) is 0 Å². The molecule has 1 saturated heterocycles. The van der Waals surface area contributed by atoms with Gasteiger partial charge in [-0.3, -0.25) is 14.5 Å². The Morgan fingerprint density at radius 1 is 1.56 bits per heavy atom. The number of hydrogen-bond donors (Lipinski definition) is 1. The summed E-state index contributed by atoms with van der Waals surface area (Å²) in [5.41, 5.74) is 0. The van der Waals surface area contributed by atoms with Gasteiger partial charge in [-0.15, -0.1) is 0 Å². The number of rotatable bonds is 4. The molecule has 0 aromatic carbocycles. The molecule has 1 aromatic rings. The first-order valence-corrected chi connectivity index (χ1v) is 10.2. The molecular weight excluding hydrogens is 384 g/mol. The van der Waals surface area contributed by atoms with E-state index < -0.39 is 27.8 Å². The van der Waals surface area contributed by atoms with Gasteiger partial charge in [0.1, 0.15) is 16.1 Å². The highest BCUT2D eigenvalue weighted by Gasteiger charge is 2.39. The third kappa shape index (κ3) is 3.86. The Balaban J connectivity index is 1.70. The lowest BCUT2D eigenvalue weighted by Crippen LogP contribution is -2.49. The van der Waals surface area contributed by atoms with Crippen molar-refractivity contribution in [2.24, 2.45) is 0 Å². The van der Waals surface area contributed by atoms with Crippen LogP contribution < -0.4 is 5.32 Å². The van der Waals surface area contributed by atoms with E-state index in [1.165, 1.54) is 17.2 Å². The highest BCUT2D eigenvalue weighted by Crippen LogP contribution is 2.34. The Hall–Kier alpha value is -1.91. The molecule has 2 amide bonds. The van der Waals surface area contributed by atoms with Gasteiger partial charge < -0.3 is 9.73 Å². The minimum absolute atomic E-state index is 0.178. The van der Waals surface area contributed by atoms with Crippen molar-refractivity contribution in [3.05, 3.63) is 40.5 Å². The molecule has 132 valence electrons. The minimum Gasteiger partial charge on any atom is -0.465 e. The lowest BCUT2D eigenvalue weighted by atomic mass is 10.2. The van der Waals surface area contributed by atoms with E-state index in [0.717, 1.165) is 17.2 Å². The Bertz CT molecular complexity index is 886. The van der Waals surface area contributed by atoms with Crippen LogP contribution in [-0.2, 0) is 19.4 Å². The summed E-state index contributed by atoms with van der Waals surface area (Å²) < 4.78 is 28.3. The van der Waals surface area contributed by atoms with Gasteiger partial charge in [0.15, 0.2) is 9.84 Å². The van der Waals surface area contributed by atoms with Crippen LogP contribution in [0.2, 0.25) is 0 Å². The maximum atomic E-state index is 12.5. The SMILES string of the molecule is C[C@@H](C(=O)N[C@@H]1C=CS(=O)(=O)C1)N1C(=O)/C(=C\c2ccco2)SC1=S. The molecule has 7 nitrogen and oxygen atoms in total. The Kier molecular flexibility index (Phi) is 4.85. The van der Waals surface area contributed by atoms with E-state index >= 15 is 0 Å². The minimum atomic E-state index is -3.27. The Morgan fingerprint density at radius 2 is 2.32 bits per heavy atom. The van der Waals surface area contributed by atoms with E-state index in [0.29, 0.717) is 10.7 Å². The largest absolute Gasteiger partial charge is 0.465 e. The Morgan fingerprint density at radius 3 is 2.92 bits per heavy atom. The van der Waals surface area contributed by atoms with Crippen molar-refractivity contribution in [3.63, 3.8) is 0 Å². The van der Waals surface area contributed by atoms with Gasteiger partial charge in [-0.1, -0.05) is 24.0 Å². The second-order valence-corrected chi connectivity index (χ2v) is 9.12. The summed E-state index contributed by atoms with van der Waals surface area (Å²) in [6, 6.07) is 1.95. The molecule has 0 bridgehead atoms. The van der Waals surface area contributed by atoms with Gasteiger partial charge in [0.05, 0.1) is 23.0 Å². The molecule has 10 heteroatoms. The number of hydrogen-bond acceptors (Lipinski definition) is 7. The third-order valence-corrected chi connectivity index (χ3v) is 6.39. The number of sulfone groups is 1. The molecule has 25 heavy (non-hydrogen) atoms. The third-order valence-electron chi connectivity index (χ3n) is 3.66. The zero-order valence-electron chi connectivity index (χ0n) is 13.0. The molecule has 0 spiro atoms. The predicted molar refractivity (Wildman–Crippen MR) is 98.0 cm³/mol. The van der Waals surface area contributed by atoms with Crippen LogP contribution in [0.1, 0.15) is 12.7 Å². The second-order valence-electron chi connectivity index (χ2n) is 5.52. The molecular formula is C15H14N2O5S3. The van der Waals surface area contributed by atoms with Crippen molar-refractivity contribution in [2.45, 2.75) is 19.0 Å². The van der Waals surface area contributed by atoms with Crippen molar-refractivity contribution < 1.29 is 22.4 Å². The van der Waals surface area contributed by atoms with E-state index in [1.807, 2.05) is 0 Å². The van der Waals surface area contributed by atoms with E-state index in [2.05, 4.69) is 5.32 Å². The summed E-state index contributed by atoms with van der Waals surface area (Å²) in [7, 11) is -3.27. The lowest BCUT2D eigenvalue weighted by molar-refractivity contribution is -0.132. The number of carbonyl (C=O) groups excluding carboxylic acids is 2. The molecule has 0 unspecified atom stereocenters. The summed E-state index contributed by atoms with van der Waals surface area (Å²) in [4.78, 5) is 26.5. The highest BCUT2D eigenvalue weighted by atomic mass is 32.2. The number of furan rings is 1. The average Bonchev–Trinajstić information content (AvgIpc) is 3.21. The lowest BCUT2D eigenvalue weighted by Gasteiger charge is -2.23. The second kappa shape index (κ2) is 6.77. The van der Waals surface area contributed by atoms with Gasteiger partial charge in [0, 0.05) is 11.5 Å². The molecule has 1 fully saturated rings. The maximum absolute atomic E-state index is 12.5. The number of nitrogens with one attached hydrogen (secondary N) is 1. The molecule has 2 atom stereocenters. The molecule has 0 radical (unpaired) electrons. The Labute approximate surface area is 154 Å². The molecule has 2 aliphatic rings. The fraction of sp³-hybridized carbons (Fsp3) is 0.267. The summed E-state index contributed by atoms with van der Waals surface area (Å²) >= 11 is 6.30. The predicted octanol–water partition coefficient (Wildman–Crippen LogP) is 1.30. The van der Waals surface area contributed by atoms with Crippen LogP contribution >= 0.6 is 24.0 Å². The van der Waals surface area contributed by atoms with Crippen LogP contribution in [0.4, 0.5) is 0 Å². The zero-order chi connectivity index (χ0) is 18.2. The number of thiocarbonyl (C=S) groups is 1. The quantitative estimate of drug-likeness (QED) is 0.603. The van der Waals surface area contributed by atoms with Crippen molar-refractivity contribution in [2.75, 3.05) is 5.75 Å². The summed E-state index contributed by atoms with van der Waals surface area (Å²) in [6.45, 7) is 1.54. The first-order valence-electron chi connectivity index (χ1n) is 7.29. The topological polar surface area (TPSA) is 96.7 Å². The van der Waals surface area contributed by atoms with E-state index in [-0.39, 0.29) is 16.0 Å². The average molecular weight is 398 g/mol. The summed E-state index contributed by atoms with van der Waals surface area (Å²) in [6.07, 6.45) is 4.48. The molecule has 0 saturated carbocycles. The molecule has 1 N–H and O–H groups in total. The van der Waals surface area contributed by atoms with Gasteiger partial charge in [-0.05, 0) is 25.1 Å². The van der Waals surface area contributed by atoms with Crippen molar-refractivity contribution in [1.29, 1.82) is 0 Å². The number of carbonyl (C=O) groups is 2. The summed E-state index contributed by atoms with van der Waals surface area (Å²) in [5.74, 6) is -0.521. The maximum Gasteiger partial charge on any atom is 0.267 e. The molecule has 3 rings (SSSR count). The molecule has 0 aliphatic carbocycles. The van der Waals surface area contributed by atoms with E-state index in [4.69, 9.17) is 16.6 Å². The van der Waals surface area contributed by atoms with Crippen molar-refractivity contribution >= 4 is 56.0 Å². The van der Waals surface area contributed by atoms with E-state index in [1.54, 1.807) is 25.1 Å². The number of amides is 2. The number of nitrogens with zero attached hydrogens (tertiary/aromatic N) is 1. The van der Waals surface area contributed by atoms with Crippen LogP contribution in [0, 0.1) is 0 Å². The van der Waals surface area contributed by atoms with Gasteiger partial charge in [0.2, 0.25) is 5.91 Å². The standard InChI is InChI=1S/C15H14N2O5S3/c1-9(13(18)16-10-4-6-25(20,21)8-10)17-14(19)12(24-15(17)23)7-11-3-2-5-22-11/h2-7,9-10H,8H2,1H3,(H,16,18)/b12-7+/t9-,10+/m0/s1. The number of thioether (sulfide) groups is 1.